The fourth-order valence-corrected chi connectivity index (χ4v) is 2.13. The first-order valence-corrected chi connectivity index (χ1v) is 6.93. The van der Waals surface area contributed by atoms with Crippen LogP contribution in [0.5, 0.6) is 5.75 Å². The third kappa shape index (κ3) is 2.84. The van der Waals surface area contributed by atoms with E-state index in [4.69, 9.17) is 16.3 Å². The molecule has 0 unspecified atom stereocenters. The fraction of sp³-hybridized carbons (Fsp3) is 0.333. The Morgan fingerprint density at radius 3 is 2.72 bits per heavy atom. The summed E-state index contributed by atoms with van der Waals surface area (Å²) in [4.78, 5) is 4.23. The number of alkyl halides is 1. The maximum atomic E-state index is 6.13. The predicted octanol–water partition coefficient (Wildman–Crippen LogP) is 3.25. The highest BCUT2D eigenvalue weighted by Gasteiger charge is 2.11. The molecule has 4 nitrogen and oxygen atoms in total. The summed E-state index contributed by atoms with van der Waals surface area (Å²) in [6.07, 6.45) is 1.70. The van der Waals surface area contributed by atoms with Gasteiger partial charge >= 0.3 is 0 Å². The number of nitrogens with zero attached hydrogens (tertiary/aromatic N) is 3. The van der Waals surface area contributed by atoms with E-state index in [1.165, 1.54) is 0 Å². The summed E-state index contributed by atoms with van der Waals surface area (Å²) in [5.74, 6) is 0.721. The average Bonchev–Trinajstić information content (AvgIpc) is 2.62. The van der Waals surface area contributed by atoms with Gasteiger partial charge in [0.25, 0.3) is 0 Å². The highest BCUT2D eigenvalue weighted by molar-refractivity contribution is 9.08. The van der Waals surface area contributed by atoms with E-state index in [0.717, 1.165) is 28.0 Å². The number of hydrogen-bond donors (Lipinski definition) is 0. The van der Waals surface area contributed by atoms with E-state index in [-0.39, 0.29) is 0 Å². The van der Waals surface area contributed by atoms with Crippen molar-refractivity contribution in [2.45, 2.75) is 18.9 Å². The van der Waals surface area contributed by atoms with Crippen molar-refractivity contribution < 1.29 is 4.74 Å². The van der Waals surface area contributed by atoms with Crippen LogP contribution in [0.15, 0.2) is 18.3 Å². The van der Waals surface area contributed by atoms with E-state index in [1.54, 1.807) is 10.9 Å². The van der Waals surface area contributed by atoms with Crippen LogP contribution in [0, 0.1) is 6.92 Å². The largest absolute Gasteiger partial charge is 0.487 e. The van der Waals surface area contributed by atoms with E-state index in [1.807, 2.05) is 26.1 Å². The molecule has 96 valence electrons. The molecule has 2 rings (SSSR count). The van der Waals surface area contributed by atoms with Gasteiger partial charge in [-0.15, -0.1) is 0 Å². The third-order valence-electron chi connectivity index (χ3n) is 2.59. The van der Waals surface area contributed by atoms with Gasteiger partial charge in [0.05, 0.1) is 17.6 Å². The zero-order chi connectivity index (χ0) is 13.1. The lowest BCUT2D eigenvalue weighted by Crippen LogP contribution is -1.98. The van der Waals surface area contributed by atoms with Crippen molar-refractivity contribution in [3.63, 3.8) is 0 Å². The summed E-state index contributed by atoms with van der Waals surface area (Å²) >= 11 is 9.47. The van der Waals surface area contributed by atoms with Gasteiger partial charge in [-0.25, -0.2) is 0 Å². The quantitative estimate of drug-likeness (QED) is 0.808. The zero-order valence-electron chi connectivity index (χ0n) is 10.2. The molecule has 0 aliphatic rings. The number of pyridine rings is 1. The Bertz CT molecular complexity index is 539. The Balaban J connectivity index is 2.06. The minimum absolute atomic E-state index is 0.397. The standard InChI is InChI=1S/C12H13BrClN3O/c1-8-11(12(14)17(2)16-8)7-18-10-4-3-9(5-13)15-6-10/h3-4,6H,5,7H2,1-2H3. The third-order valence-corrected chi connectivity index (χ3v) is 3.63. The normalized spacial score (nSPS) is 10.7. The SMILES string of the molecule is Cc1nn(C)c(Cl)c1COc1ccc(CBr)nc1. The maximum absolute atomic E-state index is 6.13. The Labute approximate surface area is 119 Å². The molecule has 0 saturated carbocycles. The lowest BCUT2D eigenvalue weighted by Gasteiger charge is -2.06. The Hall–Kier alpha value is -1.07. The van der Waals surface area contributed by atoms with Crippen molar-refractivity contribution in [3.8, 4) is 5.75 Å². The van der Waals surface area contributed by atoms with Crippen LogP contribution in [0.4, 0.5) is 0 Å². The van der Waals surface area contributed by atoms with Gasteiger partial charge in [0.2, 0.25) is 0 Å². The number of aromatic nitrogens is 3. The molecule has 0 radical (unpaired) electrons. The Morgan fingerprint density at radius 2 is 2.22 bits per heavy atom. The molecular formula is C12H13BrClN3O. The summed E-state index contributed by atoms with van der Waals surface area (Å²) in [5.41, 5.74) is 2.76. The molecule has 0 N–H and O–H groups in total. The molecule has 2 aromatic rings. The molecule has 0 atom stereocenters. The second-order valence-electron chi connectivity index (χ2n) is 3.89. The summed E-state index contributed by atoms with van der Waals surface area (Å²) in [7, 11) is 1.81. The molecule has 0 aliphatic heterocycles. The zero-order valence-corrected chi connectivity index (χ0v) is 12.5. The van der Waals surface area contributed by atoms with Crippen LogP contribution in [0.2, 0.25) is 5.15 Å². The van der Waals surface area contributed by atoms with Gasteiger partial charge in [0, 0.05) is 17.9 Å². The minimum Gasteiger partial charge on any atom is -0.487 e. The van der Waals surface area contributed by atoms with Gasteiger partial charge in [0.15, 0.2) is 0 Å². The molecular weight excluding hydrogens is 318 g/mol. The maximum Gasteiger partial charge on any atom is 0.138 e. The molecule has 0 bridgehead atoms. The van der Waals surface area contributed by atoms with Gasteiger partial charge in [-0.1, -0.05) is 27.5 Å². The molecule has 0 aliphatic carbocycles. The molecule has 0 amide bonds. The predicted molar refractivity (Wildman–Crippen MR) is 74.2 cm³/mol. The lowest BCUT2D eigenvalue weighted by atomic mass is 10.3. The monoisotopic (exact) mass is 329 g/mol. The van der Waals surface area contributed by atoms with Crippen LogP contribution >= 0.6 is 27.5 Å². The van der Waals surface area contributed by atoms with E-state index in [0.29, 0.717) is 11.8 Å². The number of rotatable bonds is 4. The highest BCUT2D eigenvalue weighted by atomic mass is 79.9. The van der Waals surface area contributed by atoms with Crippen LogP contribution in [0.25, 0.3) is 0 Å². The number of halogens is 2. The number of aryl methyl sites for hydroxylation is 2. The first-order chi connectivity index (χ1) is 8.61. The summed E-state index contributed by atoms with van der Waals surface area (Å²) < 4.78 is 7.29. The summed E-state index contributed by atoms with van der Waals surface area (Å²) in [6.45, 7) is 2.31. The van der Waals surface area contributed by atoms with Crippen LogP contribution in [-0.4, -0.2) is 14.8 Å². The van der Waals surface area contributed by atoms with Gasteiger partial charge < -0.3 is 4.74 Å². The second-order valence-corrected chi connectivity index (χ2v) is 4.80. The van der Waals surface area contributed by atoms with E-state index in [9.17, 15) is 0 Å². The van der Waals surface area contributed by atoms with Gasteiger partial charge in [-0.05, 0) is 19.1 Å². The highest BCUT2D eigenvalue weighted by Crippen LogP contribution is 2.21. The first-order valence-electron chi connectivity index (χ1n) is 5.43. The number of hydrogen-bond acceptors (Lipinski definition) is 3. The van der Waals surface area contributed by atoms with Crippen molar-refractivity contribution >= 4 is 27.5 Å². The van der Waals surface area contributed by atoms with Crippen molar-refractivity contribution in [1.82, 2.24) is 14.8 Å². The van der Waals surface area contributed by atoms with Gasteiger partial charge in [-0.3, -0.25) is 9.67 Å². The Kier molecular flexibility index (Phi) is 4.24. The van der Waals surface area contributed by atoms with E-state index < -0.39 is 0 Å². The van der Waals surface area contributed by atoms with Crippen LogP contribution in [0.3, 0.4) is 0 Å². The molecule has 0 saturated heterocycles. The molecule has 18 heavy (non-hydrogen) atoms. The van der Waals surface area contributed by atoms with Gasteiger partial charge in [0.1, 0.15) is 17.5 Å². The first kappa shape index (κ1) is 13.4. The summed E-state index contributed by atoms with van der Waals surface area (Å²) in [5, 5.41) is 5.58. The van der Waals surface area contributed by atoms with E-state index >= 15 is 0 Å². The van der Waals surface area contributed by atoms with Crippen molar-refractivity contribution in [2.24, 2.45) is 7.05 Å². The fourth-order valence-electron chi connectivity index (χ4n) is 1.57. The van der Waals surface area contributed by atoms with Crippen LogP contribution < -0.4 is 4.74 Å². The molecule has 2 heterocycles. The number of ether oxygens (including phenoxy) is 1. The van der Waals surface area contributed by atoms with Crippen molar-refractivity contribution in [1.29, 1.82) is 0 Å². The summed E-state index contributed by atoms with van der Waals surface area (Å²) in [6, 6.07) is 3.81. The minimum atomic E-state index is 0.397. The van der Waals surface area contributed by atoms with Gasteiger partial charge in [-0.2, -0.15) is 5.10 Å². The molecule has 6 heteroatoms. The van der Waals surface area contributed by atoms with Crippen molar-refractivity contribution in [3.05, 3.63) is 40.4 Å². The van der Waals surface area contributed by atoms with Crippen molar-refractivity contribution in [2.75, 3.05) is 0 Å². The Morgan fingerprint density at radius 1 is 1.44 bits per heavy atom. The van der Waals surface area contributed by atoms with E-state index in [2.05, 4.69) is 26.0 Å². The molecule has 0 spiro atoms. The smallest absolute Gasteiger partial charge is 0.138 e. The molecule has 0 aromatic carbocycles. The lowest BCUT2D eigenvalue weighted by molar-refractivity contribution is 0.304. The topological polar surface area (TPSA) is 39.9 Å². The average molecular weight is 331 g/mol. The molecule has 2 aromatic heterocycles. The van der Waals surface area contributed by atoms with Crippen LogP contribution in [0.1, 0.15) is 17.0 Å². The van der Waals surface area contributed by atoms with Crippen LogP contribution in [-0.2, 0) is 19.0 Å². The second kappa shape index (κ2) is 5.71. The molecule has 0 fully saturated rings.